The van der Waals surface area contributed by atoms with Crippen LogP contribution in [0.15, 0.2) is 162 Å². The zero-order valence-corrected chi connectivity index (χ0v) is 29.1. The summed E-state index contributed by atoms with van der Waals surface area (Å²) in [6.07, 6.45) is 8.47. The number of benzene rings is 7. The smallest absolute Gasteiger partial charge is 0.164 e. The lowest BCUT2D eigenvalue weighted by Crippen LogP contribution is -2.04. The predicted molar refractivity (Wildman–Crippen MR) is 217 cm³/mol. The minimum atomic E-state index is 0.594. The number of fused-ring (bicyclic) bond motifs is 6. The van der Waals surface area contributed by atoms with E-state index in [-0.39, 0.29) is 0 Å². The summed E-state index contributed by atoms with van der Waals surface area (Å²) in [4.78, 5) is 15.4. The van der Waals surface area contributed by atoms with Gasteiger partial charge in [-0.3, -0.25) is 0 Å². The third-order valence-electron chi connectivity index (χ3n) is 10.3. The number of para-hydroxylation sites is 1. The van der Waals surface area contributed by atoms with E-state index in [0.717, 1.165) is 79.5 Å². The Labute approximate surface area is 306 Å². The van der Waals surface area contributed by atoms with Crippen molar-refractivity contribution >= 4 is 49.1 Å². The summed E-state index contributed by atoms with van der Waals surface area (Å²) in [5, 5.41) is 7.00. The van der Waals surface area contributed by atoms with Crippen molar-refractivity contribution in [1.82, 2.24) is 15.0 Å². The molecule has 0 radical (unpaired) electrons. The number of nitrogens with zero attached hydrogens (tertiary/aromatic N) is 3. The number of ether oxygens (including phenoxy) is 1. The molecule has 0 atom stereocenters. The lowest BCUT2D eigenvalue weighted by Gasteiger charge is -2.16. The Morgan fingerprint density at radius 1 is 0.509 bits per heavy atom. The second-order valence-electron chi connectivity index (χ2n) is 13.4. The van der Waals surface area contributed by atoms with Gasteiger partial charge in [0.05, 0.1) is 7.11 Å². The fraction of sp³-hybridized carbons (Fsp3) is 0.0625. The molecule has 0 amide bonds. The van der Waals surface area contributed by atoms with Gasteiger partial charge in [-0.25, -0.2) is 15.0 Å². The van der Waals surface area contributed by atoms with Crippen LogP contribution in [0.2, 0.25) is 0 Å². The average molecular weight is 684 g/mol. The summed E-state index contributed by atoms with van der Waals surface area (Å²) in [7, 11) is 1.71. The van der Waals surface area contributed by atoms with Crippen molar-refractivity contribution in [3.8, 4) is 50.8 Å². The Morgan fingerprint density at radius 2 is 1.21 bits per heavy atom. The molecule has 5 heteroatoms. The highest BCUT2D eigenvalue weighted by atomic mass is 16.5. The van der Waals surface area contributed by atoms with Crippen molar-refractivity contribution in [1.29, 1.82) is 0 Å². The van der Waals surface area contributed by atoms with Crippen molar-refractivity contribution in [2.45, 2.75) is 12.8 Å². The fourth-order valence-corrected chi connectivity index (χ4v) is 7.60. The Hall–Kier alpha value is -6.85. The predicted octanol–water partition coefficient (Wildman–Crippen LogP) is 12.5. The summed E-state index contributed by atoms with van der Waals surface area (Å²) in [6.45, 7) is 0. The summed E-state index contributed by atoms with van der Waals surface area (Å²) in [6, 6.07) is 48.6. The van der Waals surface area contributed by atoms with Crippen LogP contribution < -0.4 is 4.74 Å². The Kier molecular flexibility index (Phi) is 7.43. The van der Waals surface area contributed by atoms with Crippen LogP contribution in [-0.2, 0) is 0 Å². The standard InChI is InChI=1S/C48H33N3O2/c1-52-43-17-9-15-40(45(43)33-23-18-30(19-24-33)35-26-27-39-38-14-7-8-16-42(38)53-44(39)29-35)48-50-46(34-11-3-2-4-12-34)49-47(51-48)36-25-22-32-21-20-31-10-5-6-13-37(31)41(32)28-36/h3,5-29H,2,4H2,1H3. The second-order valence-corrected chi connectivity index (χ2v) is 13.4. The maximum atomic E-state index is 6.19. The molecule has 0 spiro atoms. The van der Waals surface area contributed by atoms with E-state index in [4.69, 9.17) is 24.1 Å². The van der Waals surface area contributed by atoms with Crippen LogP contribution in [0.3, 0.4) is 0 Å². The van der Waals surface area contributed by atoms with Crippen molar-refractivity contribution < 1.29 is 9.15 Å². The van der Waals surface area contributed by atoms with E-state index in [2.05, 4.69) is 127 Å². The van der Waals surface area contributed by atoms with Gasteiger partial charge in [-0.1, -0.05) is 127 Å². The molecule has 7 aromatic carbocycles. The zero-order chi connectivity index (χ0) is 35.3. The molecule has 5 nitrogen and oxygen atoms in total. The van der Waals surface area contributed by atoms with Crippen molar-refractivity contribution in [2.75, 3.05) is 7.11 Å². The fourth-order valence-electron chi connectivity index (χ4n) is 7.60. The Bertz CT molecular complexity index is 2940. The molecule has 0 unspecified atom stereocenters. The molecule has 1 aliphatic carbocycles. The SMILES string of the molecule is COc1cccc(-c2nc(C3=CCCC=C3)nc(-c3ccc4ccc5ccccc5c4c3)n2)c1-c1ccc(-c2ccc3c(c2)oc2ccccc23)cc1. The number of methoxy groups -OCH3 is 1. The average Bonchev–Trinajstić information content (AvgIpc) is 3.61. The molecule has 0 saturated carbocycles. The molecule has 0 aliphatic heterocycles. The quantitative estimate of drug-likeness (QED) is 0.163. The van der Waals surface area contributed by atoms with Gasteiger partial charge in [0.2, 0.25) is 0 Å². The van der Waals surface area contributed by atoms with E-state index < -0.39 is 0 Å². The van der Waals surface area contributed by atoms with Crippen LogP contribution in [0.1, 0.15) is 18.7 Å². The number of aromatic nitrogens is 3. The van der Waals surface area contributed by atoms with E-state index in [9.17, 15) is 0 Å². The van der Waals surface area contributed by atoms with E-state index in [1.54, 1.807) is 7.11 Å². The highest BCUT2D eigenvalue weighted by Crippen LogP contribution is 2.40. The third kappa shape index (κ3) is 5.45. The van der Waals surface area contributed by atoms with Crippen LogP contribution in [0, 0.1) is 0 Å². The highest BCUT2D eigenvalue weighted by Gasteiger charge is 2.20. The topological polar surface area (TPSA) is 61.0 Å². The lowest BCUT2D eigenvalue weighted by atomic mass is 9.95. The minimum absolute atomic E-state index is 0.594. The molecule has 2 heterocycles. The monoisotopic (exact) mass is 683 g/mol. The highest BCUT2D eigenvalue weighted by molar-refractivity contribution is 6.09. The van der Waals surface area contributed by atoms with Gasteiger partial charge in [-0.15, -0.1) is 0 Å². The van der Waals surface area contributed by atoms with Gasteiger partial charge in [0.15, 0.2) is 17.5 Å². The van der Waals surface area contributed by atoms with Gasteiger partial charge in [-0.05, 0) is 81.4 Å². The van der Waals surface area contributed by atoms with E-state index in [1.807, 2.05) is 30.3 Å². The molecular formula is C48H33N3O2. The lowest BCUT2D eigenvalue weighted by molar-refractivity contribution is 0.416. The van der Waals surface area contributed by atoms with Gasteiger partial charge in [0, 0.05) is 33.0 Å². The first-order valence-electron chi connectivity index (χ1n) is 17.9. The molecule has 10 rings (SSSR count). The summed E-state index contributed by atoms with van der Waals surface area (Å²) >= 11 is 0. The van der Waals surface area contributed by atoms with Crippen LogP contribution in [0.4, 0.5) is 0 Å². The zero-order valence-electron chi connectivity index (χ0n) is 29.1. The maximum absolute atomic E-state index is 6.19. The van der Waals surface area contributed by atoms with Crippen LogP contribution >= 0.6 is 0 Å². The molecule has 0 fully saturated rings. The molecule has 53 heavy (non-hydrogen) atoms. The van der Waals surface area contributed by atoms with Gasteiger partial charge in [0.1, 0.15) is 16.9 Å². The Morgan fingerprint density at radius 3 is 2.06 bits per heavy atom. The molecule has 1 aliphatic rings. The normalized spacial score (nSPS) is 12.9. The van der Waals surface area contributed by atoms with Crippen LogP contribution in [0.25, 0.3) is 94.1 Å². The van der Waals surface area contributed by atoms with Gasteiger partial charge < -0.3 is 9.15 Å². The van der Waals surface area contributed by atoms with Crippen molar-refractivity contribution in [2.24, 2.45) is 0 Å². The second kappa shape index (κ2) is 12.7. The molecular weight excluding hydrogens is 651 g/mol. The molecule has 0 saturated heterocycles. The number of rotatable bonds is 6. The van der Waals surface area contributed by atoms with E-state index in [0.29, 0.717) is 17.5 Å². The summed E-state index contributed by atoms with van der Waals surface area (Å²) in [5.41, 5.74) is 8.70. The van der Waals surface area contributed by atoms with Crippen molar-refractivity contribution in [3.05, 3.63) is 164 Å². The van der Waals surface area contributed by atoms with E-state index in [1.165, 1.54) is 21.5 Å². The summed E-state index contributed by atoms with van der Waals surface area (Å²) < 4.78 is 12.2. The van der Waals surface area contributed by atoms with Gasteiger partial charge in [0.25, 0.3) is 0 Å². The van der Waals surface area contributed by atoms with E-state index >= 15 is 0 Å². The first kappa shape index (κ1) is 30.9. The molecule has 0 bridgehead atoms. The minimum Gasteiger partial charge on any atom is -0.496 e. The molecule has 252 valence electrons. The first-order chi connectivity index (χ1) is 26.2. The van der Waals surface area contributed by atoms with Crippen LogP contribution in [0.5, 0.6) is 5.75 Å². The molecule has 2 aromatic heterocycles. The molecule has 9 aromatic rings. The van der Waals surface area contributed by atoms with Gasteiger partial charge >= 0.3 is 0 Å². The summed E-state index contributed by atoms with van der Waals surface area (Å²) in [5.74, 6) is 2.63. The van der Waals surface area contributed by atoms with Crippen LogP contribution in [-0.4, -0.2) is 22.1 Å². The first-order valence-corrected chi connectivity index (χ1v) is 17.9. The number of hydrogen-bond donors (Lipinski definition) is 0. The number of furan rings is 1. The number of hydrogen-bond acceptors (Lipinski definition) is 5. The Balaban J connectivity index is 1.10. The molecule has 0 N–H and O–H groups in total. The largest absolute Gasteiger partial charge is 0.496 e. The van der Waals surface area contributed by atoms with Gasteiger partial charge in [-0.2, -0.15) is 0 Å². The van der Waals surface area contributed by atoms with Crippen molar-refractivity contribution in [3.63, 3.8) is 0 Å². The third-order valence-corrected chi connectivity index (χ3v) is 10.3. The maximum Gasteiger partial charge on any atom is 0.164 e. The number of allylic oxidation sites excluding steroid dienone is 4.